The third-order valence-electron chi connectivity index (χ3n) is 4.60. The number of halogens is 1. The van der Waals surface area contributed by atoms with E-state index >= 15 is 0 Å². The summed E-state index contributed by atoms with van der Waals surface area (Å²) in [4.78, 5) is 24.7. The van der Waals surface area contributed by atoms with E-state index in [0.29, 0.717) is 17.9 Å². The number of esters is 1. The summed E-state index contributed by atoms with van der Waals surface area (Å²) in [7, 11) is 0. The Hall–Kier alpha value is -3.22. The van der Waals surface area contributed by atoms with Crippen LogP contribution in [0, 0.1) is 12.7 Å². The van der Waals surface area contributed by atoms with Crippen molar-refractivity contribution in [1.82, 2.24) is 4.57 Å². The average molecular weight is 384 g/mol. The number of benzene rings is 2. The maximum atomic E-state index is 13.0. The highest BCUT2D eigenvalue weighted by Gasteiger charge is 2.24. The number of ether oxygens (including phenoxy) is 1. The molecule has 0 fully saturated rings. The van der Waals surface area contributed by atoms with Gasteiger partial charge >= 0.3 is 5.97 Å². The van der Waals surface area contributed by atoms with Crippen LogP contribution in [0.25, 0.3) is 11.0 Å². The molecule has 1 heterocycles. The summed E-state index contributed by atoms with van der Waals surface area (Å²) in [5, 5.41) is 2.77. The number of fused-ring (bicyclic) bond motifs is 1. The van der Waals surface area contributed by atoms with Gasteiger partial charge < -0.3 is 10.1 Å². The molecule has 3 aromatic rings. The molecule has 6 nitrogen and oxygen atoms in total. The molecule has 0 radical (unpaired) electrons. The number of carbonyl (C=O) groups excluding carboxylic acids is 2. The molecule has 2 aromatic carbocycles. The summed E-state index contributed by atoms with van der Waals surface area (Å²) in [6.45, 7) is 6.81. The molecule has 0 bridgehead atoms. The van der Waals surface area contributed by atoms with Gasteiger partial charge in [0.25, 0.3) is 11.7 Å². The van der Waals surface area contributed by atoms with Crippen LogP contribution < -0.4 is 9.88 Å². The first-order valence-corrected chi connectivity index (χ1v) is 9.19. The Labute approximate surface area is 162 Å². The minimum atomic E-state index is -0.395. The number of amides is 1. The van der Waals surface area contributed by atoms with Crippen molar-refractivity contribution in [1.29, 1.82) is 0 Å². The number of aromatic nitrogens is 2. The number of nitrogens with zero attached hydrogens (tertiary/aromatic N) is 2. The fourth-order valence-electron chi connectivity index (χ4n) is 3.28. The van der Waals surface area contributed by atoms with E-state index in [9.17, 15) is 14.0 Å². The topological polar surface area (TPSA) is 64.2 Å². The van der Waals surface area contributed by atoms with Crippen molar-refractivity contribution in [2.24, 2.45) is 0 Å². The number of hydrogen-bond donors (Lipinski definition) is 1. The monoisotopic (exact) mass is 384 g/mol. The van der Waals surface area contributed by atoms with Gasteiger partial charge in [0.1, 0.15) is 5.82 Å². The molecular weight excluding hydrogens is 361 g/mol. The lowest BCUT2D eigenvalue weighted by atomic mass is 10.2. The lowest BCUT2D eigenvalue weighted by molar-refractivity contribution is -0.674. The molecule has 0 aliphatic heterocycles. The molecule has 28 heavy (non-hydrogen) atoms. The van der Waals surface area contributed by atoms with Gasteiger partial charge in [0, 0.05) is 18.7 Å². The molecule has 7 heteroatoms. The molecule has 0 aliphatic rings. The van der Waals surface area contributed by atoms with Crippen LogP contribution in [-0.2, 0) is 22.6 Å². The zero-order chi connectivity index (χ0) is 20.3. The summed E-state index contributed by atoms with van der Waals surface area (Å²) in [5.74, 6) is -0.0986. The van der Waals surface area contributed by atoms with Crippen molar-refractivity contribution in [3.63, 3.8) is 0 Å². The van der Waals surface area contributed by atoms with Crippen LogP contribution >= 0.6 is 0 Å². The lowest BCUT2D eigenvalue weighted by Gasteiger charge is -2.05. The number of nitrogens with one attached hydrogen (secondary N) is 1. The molecule has 0 atom stereocenters. The molecule has 1 N–H and O–H groups in total. The van der Waals surface area contributed by atoms with Crippen molar-refractivity contribution in [2.75, 3.05) is 11.9 Å². The van der Waals surface area contributed by atoms with Gasteiger partial charge in [-0.2, -0.15) is 0 Å². The van der Waals surface area contributed by atoms with Crippen LogP contribution in [0.1, 0.15) is 30.0 Å². The number of anilines is 1. The van der Waals surface area contributed by atoms with Crippen LogP contribution in [-0.4, -0.2) is 23.1 Å². The largest absolute Gasteiger partial charge is 0.462 e. The number of imidazole rings is 1. The van der Waals surface area contributed by atoms with Gasteiger partial charge in [0.05, 0.1) is 18.7 Å². The summed E-state index contributed by atoms with van der Waals surface area (Å²) >= 11 is 0. The average Bonchev–Trinajstić information content (AvgIpc) is 2.94. The van der Waals surface area contributed by atoms with E-state index < -0.39 is 5.97 Å². The number of aryl methyl sites for hydroxylation is 1. The van der Waals surface area contributed by atoms with E-state index in [1.807, 2.05) is 24.5 Å². The minimum Gasteiger partial charge on any atom is -0.462 e. The van der Waals surface area contributed by atoms with Crippen LogP contribution in [0.3, 0.4) is 0 Å². The normalized spacial score (nSPS) is 10.9. The van der Waals surface area contributed by atoms with Gasteiger partial charge in [-0.3, -0.25) is 4.79 Å². The second-order valence-electron chi connectivity index (χ2n) is 6.36. The Balaban J connectivity index is 1.94. The molecule has 0 aliphatic carbocycles. The minimum absolute atomic E-state index is 0.0684. The summed E-state index contributed by atoms with van der Waals surface area (Å²) < 4.78 is 22.1. The van der Waals surface area contributed by atoms with Crippen LogP contribution in [0.4, 0.5) is 10.1 Å². The van der Waals surface area contributed by atoms with E-state index in [2.05, 4.69) is 9.88 Å². The van der Waals surface area contributed by atoms with Crippen LogP contribution in [0.2, 0.25) is 0 Å². The quantitative estimate of drug-likeness (QED) is 0.524. The molecule has 0 saturated carbocycles. The van der Waals surface area contributed by atoms with E-state index in [-0.39, 0.29) is 18.3 Å². The van der Waals surface area contributed by atoms with E-state index in [0.717, 1.165) is 23.4 Å². The maximum Gasteiger partial charge on any atom is 0.338 e. The highest BCUT2D eigenvalue weighted by atomic mass is 19.1. The standard InChI is InChI=1S/C21H22FN3O3/c1-4-24-14(3)25(13-20(26)23-17-9-7-16(22)8-10-17)19-12-15(6-11-18(19)24)21(27)28-5-2/h6-12H,4-5,13H2,1-3H3/p+1. The van der Waals surface area contributed by atoms with Crippen molar-refractivity contribution in [3.05, 3.63) is 59.7 Å². The molecule has 1 amide bonds. The molecule has 3 rings (SSSR count). The smallest absolute Gasteiger partial charge is 0.338 e. The predicted molar refractivity (Wildman–Crippen MR) is 104 cm³/mol. The molecular formula is C21H23FN3O3+. The Morgan fingerprint density at radius 3 is 2.50 bits per heavy atom. The van der Waals surface area contributed by atoms with E-state index in [4.69, 9.17) is 4.74 Å². The third kappa shape index (κ3) is 3.88. The second-order valence-corrected chi connectivity index (χ2v) is 6.36. The van der Waals surface area contributed by atoms with E-state index in [1.54, 1.807) is 19.1 Å². The molecule has 1 aromatic heterocycles. The van der Waals surface area contributed by atoms with Crippen LogP contribution in [0.5, 0.6) is 0 Å². The zero-order valence-electron chi connectivity index (χ0n) is 16.2. The molecule has 0 unspecified atom stereocenters. The van der Waals surface area contributed by atoms with Gasteiger partial charge in [0.2, 0.25) is 0 Å². The summed E-state index contributed by atoms with van der Waals surface area (Å²) in [6.07, 6.45) is 0. The van der Waals surface area contributed by atoms with Crippen LogP contribution in [0.15, 0.2) is 42.5 Å². The highest BCUT2D eigenvalue weighted by Crippen LogP contribution is 2.18. The zero-order valence-corrected chi connectivity index (χ0v) is 16.2. The van der Waals surface area contributed by atoms with Gasteiger partial charge in [0.15, 0.2) is 17.6 Å². The fourth-order valence-corrected chi connectivity index (χ4v) is 3.28. The molecule has 0 spiro atoms. The summed E-state index contributed by atoms with van der Waals surface area (Å²) in [5.41, 5.74) is 2.67. The van der Waals surface area contributed by atoms with Gasteiger partial charge in [-0.1, -0.05) is 0 Å². The molecule has 146 valence electrons. The summed E-state index contributed by atoms with van der Waals surface area (Å²) in [6, 6.07) is 11.0. The third-order valence-corrected chi connectivity index (χ3v) is 4.60. The first-order valence-electron chi connectivity index (χ1n) is 9.19. The second kappa shape index (κ2) is 8.21. The number of carbonyl (C=O) groups is 2. The number of rotatable bonds is 6. The van der Waals surface area contributed by atoms with Crippen molar-refractivity contribution in [2.45, 2.75) is 33.9 Å². The maximum absolute atomic E-state index is 13.0. The Kier molecular flexibility index (Phi) is 5.73. The predicted octanol–water partition coefficient (Wildman–Crippen LogP) is 3.21. The lowest BCUT2D eigenvalue weighted by Crippen LogP contribution is -2.35. The Bertz CT molecular complexity index is 1030. The number of hydrogen-bond acceptors (Lipinski definition) is 3. The SMILES string of the molecule is CCOC(=O)c1ccc2c(c1)n(CC(=O)Nc1ccc(F)cc1)c(C)[n+]2CC. The first kappa shape index (κ1) is 19.5. The van der Waals surface area contributed by atoms with Crippen molar-refractivity contribution in [3.8, 4) is 0 Å². The van der Waals surface area contributed by atoms with Gasteiger partial charge in [-0.05, 0) is 50.2 Å². The Morgan fingerprint density at radius 1 is 1.14 bits per heavy atom. The van der Waals surface area contributed by atoms with Crippen molar-refractivity contribution < 1.29 is 23.3 Å². The van der Waals surface area contributed by atoms with Gasteiger partial charge in [-0.15, -0.1) is 0 Å². The van der Waals surface area contributed by atoms with E-state index in [1.165, 1.54) is 24.3 Å². The van der Waals surface area contributed by atoms with Crippen molar-refractivity contribution >= 4 is 28.6 Å². The highest BCUT2D eigenvalue weighted by molar-refractivity contribution is 5.94. The molecule has 0 saturated heterocycles. The Morgan fingerprint density at radius 2 is 1.86 bits per heavy atom. The van der Waals surface area contributed by atoms with Gasteiger partial charge in [-0.25, -0.2) is 18.3 Å². The fraction of sp³-hybridized carbons (Fsp3) is 0.286. The first-order chi connectivity index (χ1) is 13.4.